The van der Waals surface area contributed by atoms with Crippen molar-refractivity contribution < 1.29 is 14.3 Å². The third-order valence-corrected chi connectivity index (χ3v) is 1.75. The number of hydrogen-bond acceptors (Lipinski definition) is 3. The number of carbonyl (C=O) groups is 2. The van der Waals surface area contributed by atoms with Crippen molar-refractivity contribution in [1.29, 1.82) is 0 Å². The fourth-order valence-electron chi connectivity index (χ4n) is 1.17. The van der Waals surface area contributed by atoms with Gasteiger partial charge in [-0.15, -0.1) is 0 Å². The van der Waals surface area contributed by atoms with Crippen molar-refractivity contribution >= 4 is 12.0 Å². The Morgan fingerprint density at radius 2 is 2.23 bits per heavy atom. The lowest BCUT2D eigenvalue weighted by Gasteiger charge is -2.14. The largest absolute Gasteiger partial charge is 0.444 e. The standard InChI is InChI=1S/C8H14N2O3/c1-4(2)9-7(11)6-5(3)13-8(12)10-6/h4-6H,1-3H3,(H,9,11)(H,10,12). The zero-order valence-corrected chi connectivity index (χ0v) is 7.96. The van der Waals surface area contributed by atoms with Gasteiger partial charge in [0.15, 0.2) is 0 Å². The van der Waals surface area contributed by atoms with E-state index < -0.39 is 18.2 Å². The smallest absolute Gasteiger partial charge is 0.408 e. The van der Waals surface area contributed by atoms with Crippen LogP contribution in [0.1, 0.15) is 20.8 Å². The number of amides is 2. The molecule has 5 heteroatoms. The van der Waals surface area contributed by atoms with E-state index in [4.69, 9.17) is 4.74 Å². The molecular weight excluding hydrogens is 172 g/mol. The lowest BCUT2D eigenvalue weighted by molar-refractivity contribution is -0.124. The summed E-state index contributed by atoms with van der Waals surface area (Å²) in [5.41, 5.74) is 0. The van der Waals surface area contributed by atoms with Gasteiger partial charge in [0.1, 0.15) is 12.1 Å². The van der Waals surface area contributed by atoms with Crippen molar-refractivity contribution in [2.75, 3.05) is 0 Å². The van der Waals surface area contributed by atoms with Crippen LogP contribution >= 0.6 is 0 Å². The number of cyclic esters (lactones) is 1. The Morgan fingerprint density at radius 1 is 1.62 bits per heavy atom. The number of hydrogen-bond donors (Lipinski definition) is 2. The van der Waals surface area contributed by atoms with Gasteiger partial charge in [-0.2, -0.15) is 0 Å². The molecule has 74 valence electrons. The van der Waals surface area contributed by atoms with Gasteiger partial charge in [0, 0.05) is 6.04 Å². The first-order chi connectivity index (χ1) is 6.00. The van der Waals surface area contributed by atoms with E-state index in [2.05, 4.69) is 10.6 Å². The summed E-state index contributed by atoms with van der Waals surface area (Å²) < 4.78 is 4.77. The van der Waals surface area contributed by atoms with Crippen molar-refractivity contribution in [3.63, 3.8) is 0 Å². The highest BCUT2D eigenvalue weighted by atomic mass is 16.6. The van der Waals surface area contributed by atoms with Gasteiger partial charge in [0.2, 0.25) is 5.91 Å². The summed E-state index contributed by atoms with van der Waals surface area (Å²) in [7, 11) is 0. The van der Waals surface area contributed by atoms with Crippen molar-refractivity contribution in [2.45, 2.75) is 39.0 Å². The van der Waals surface area contributed by atoms with Crippen LogP contribution in [0.2, 0.25) is 0 Å². The minimum atomic E-state index is -0.560. The molecule has 0 aliphatic carbocycles. The molecule has 2 N–H and O–H groups in total. The van der Waals surface area contributed by atoms with Gasteiger partial charge in [-0.3, -0.25) is 4.79 Å². The van der Waals surface area contributed by atoms with Gasteiger partial charge in [-0.05, 0) is 20.8 Å². The molecule has 0 saturated carbocycles. The number of nitrogens with one attached hydrogen (secondary N) is 2. The topological polar surface area (TPSA) is 67.4 Å². The molecule has 2 amide bonds. The normalized spacial score (nSPS) is 26.9. The van der Waals surface area contributed by atoms with E-state index >= 15 is 0 Å². The van der Waals surface area contributed by atoms with Crippen molar-refractivity contribution in [3.8, 4) is 0 Å². The molecule has 1 aliphatic rings. The molecule has 1 rings (SSSR count). The Hall–Kier alpha value is -1.26. The lowest BCUT2D eigenvalue weighted by atomic mass is 10.2. The van der Waals surface area contributed by atoms with Gasteiger partial charge < -0.3 is 15.4 Å². The number of alkyl carbamates (subject to hydrolysis) is 1. The summed E-state index contributed by atoms with van der Waals surface area (Å²) in [6.45, 7) is 5.41. The number of carbonyl (C=O) groups excluding carboxylic acids is 2. The molecule has 0 aromatic heterocycles. The first kappa shape index (κ1) is 9.83. The summed E-state index contributed by atoms with van der Waals surface area (Å²) in [6, 6.07) is -0.493. The maximum atomic E-state index is 11.4. The minimum Gasteiger partial charge on any atom is -0.444 e. The molecule has 2 unspecified atom stereocenters. The van der Waals surface area contributed by atoms with Crippen LogP contribution in [-0.4, -0.2) is 30.2 Å². The second-order valence-corrected chi connectivity index (χ2v) is 3.40. The highest BCUT2D eigenvalue weighted by Gasteiger charge is 2.35. The SMILES string of the molecule is CC(C)NC(=O)C1NC(=O)OC1C. The number of rotatable bonds is 2. The highest BCUT2D eigenvalue weighted by molar-refractivity contribution is 5.88. The Bertz CT molecular complexity index is 227. The fourth-order valence-corrected chi connectivity index (χ4v) is 1.17. The van der Waals surface area contributed by atoms with Crippen LogP contribution in [0.3, 0.4) is 0 Å². The fraction of sp³-hybridized carbons (Fsp3) is 0.750. The summed E-state index contributed by atoms with van der Waals surface area (Å²) in [4.78, 5) is 22.1. The first-order valence-corrected chi connectivity index (χ1v) is 4.28. The Labute approximate surface area is 76.8 Å². The molecule has 1 heterocycles. The molecule has 0 aromatic rings. The van der Waals surface area contributed by atoms with Crippen molar-refractivity contribution in [1.82, 2.24) is 10.6 Å². The van der Waals surface area contributed by atoms with Crippen LogP contribution in [0, 0.1) is 0 Å². The second kappa shape index (κ2) is 3.64. The Balaban J connectivity index is 2.52. The number of ether oxygens (including phenoxy) is 1. The zero-order chi connectivity index (χ0) is 10.0. The van der Waals surface area contributed by atoms with Crippen LogP contribution in [0.25, 0.3) is 0 Å². The molecule has 13 heavy (non-hydrogen) atoms. The molecule has 0 aromatic carbocycles. The van der Waals surface area contributed by atoms with E-state index in [0.717, 1.165) is 0 Å². The molecule has 0 radical (unpaired) electrons. The highest BCUT2D eigenvalue weighted by Crippen LogP contribution is 2.07. The summed E-state index contributed by atoms with van der Waals surface area (Å²) in [6.07, 6.45) is -0.928. The molecule has 2 atom stereocenters. The average molecular weight is 186 g/mol. The van der Waals surface area contributed by atoms with E-state index in [1.807, 2.05) is 13.8 Å². The summed E-state index contributed by atoms with van der Waals surface area (Å²) in [5, 5.41) is 5.14. The van der Waals surface area contributed by atoms with Gasteiger partial charge in [-0.1, -0.05) is 0 Å². The van der Waals surface area contributed by atoms with Crippen LogP contribution in [0.15, 0.2) is 0 Å². The van der Waals surface area contributed by atoms with Crippen LogP contribution in [0.4, 0.5) is 4.79 Å². The summed E-state index contributed by atoms with van der Waals surface area (Å²) >= 11 is 0. The van der Waals surface area contributed by atoms with Gasteiger partial charge >= 0.3 is 6.09 Å². The predicted molar refractivity (Wildman–Crippen MR) is 46.1 cm³/mol. The molecule has 1 aliphatic heterocycles. The van der Waals surface area contributed by atoms with E-state index in [1.165, 1.54) is 0 Å². The zero-order valence-electron chi connectivity index (χ0n) is 7.96. The molecule has 5 nitrogen and oxygen atoms in total. The van der Waals surface area contributed by atoms with Gasteiger partial charge in [-0.25, -0.2) is 4.79 Å². The Morgan fingerprint density at radius 3 is 2.62 bits per heavy atom. The molecular formula is C8H14N2O3. The predicted octanol–water partition coefficient (Wildman–Crippen LogP) is 0.00790. The monoisotopic (exact) mass is 186 g/mol. The maximum Gasteiger partial charge on any atom is 0.408 e. The van der Waals surface area contributed by atoms with Crippen molar-refractivity contribution in [2.24, 2.45) is 0 Å². The van der Waals surface area contributed by atoms with E-state index in [0.29, 0.717) is 0 Å². The van der Waals surface area contributed by atoms with Gasteiger partial charge in [0.25, 0.3) is 0 Å². The van der Waals surface area contributed by atoms with Gasteiger partial charge in [0.05, 0.1) is 0 Å². The van der Waals surface area contributed by atoms with E-state index in [9.17, 15) is 9.59 Å². The first-order valence-electron chi connectivity index (χ1n) is 4.28. The Kier molecular flexibility index (Phi) is 2.75. The molecule has 1 fully saturated rings. The molecule has 0 bridgehead atoms. The molecule has 0 spiro atoms. The maximum absolute atomic E-state index is 11.4. The van der Waals surface area contributed by atoms with E-state index in [-0.39, 0.29) is 11.9 Å². The van der Waals surface area contributed by atoms with Crippen LogP contribution in [0.5, 0.6) is 0 Å². The van der Waals surface area contributed by atoms with Crippen LogP contribution < -0.4 is 10.6 Å². The quantitative estimate of drug-likeness (QED) is 0.638. The minimum absolute atomic E-state index is 0.0669. The third-order valence-electron chi connectivity index (χ3n) is 1.75. The average Bonchev–Trinajstić information content (AvgIpc) is 2.28. The van der Waals surface area contributed by atoms with Crippen molar-refractivity contribution in [3.05, 3.63) is 0 Å². The lowest BCUT2D eigenvalue weighted by Crippen LogP contribution is -2.47. The van der Waals surface area contributed by atoms with Crippen LogP contribution in [-0.2, 0) is 9.53 Å². The third kappa shape index (κ3) is 2.34. The second-order valence-electron chi connectivity index (χ2n) is 3.40. The van der Waals surface area contributed by atoms with E-state index in [1.54, 1.807) is 6.92 Å². The summed E-state index contributed by atoms with van der Waals surface area (Å²) in [5.74, 6) is -0.201. The molecule has 1 saturated heterocycles.